The molecule has 0 amide bonds. The minimum atomic E-state index is -1.89. The zero-order valence-electron chi connectivity index (χ0n) is 21.8. The van der Waals surface area contributed by atoms with Gasteiger partial charge in [0.05, 0.1) is 12.4 Å². The van der Waals surface area contributed by atoms with Crippen LogP contribution in [0.5, 0.6) is 0 Å². The van der Waals surface area contributed by atoms with E-state index >= 15 is 0 Å². The van der Waals surface area contributed by atoms with E-state index in [-0.39, 0.29) is 24.5 Å². The van der Waals surface area contributed by atoms with E-state index in [9.17, 15) is 0 Å². The fourth-order valence-electron chi connectivity index (χ4n) is 3.87. The van der Waals surface area contributed by atoms with Gasteiger partial charge in [0, 0.05) is 5.75 Å². The number of rotatable bonds is 10. The molecule has 33 heavy (non-hydrogen) atoms. The van der Waals surface area contributed by atoms with E-state index in [2.05, 4.69) is 80.8 Å². The number of thioether (sulfide) groups is 1. The molecule has 1 saturated heterocycles. The second kappa shape index (κ2) is 10.1. The summed E-state index contributed by atoms with van der Waals surface area (Å²) in [4.78, 5) is 17.4. The van der Waals surface area contributed by atoms with E-state index in [1.807, 2.05) is 22.7 Å². The van der Waals surface area contributed by atoms with Gasteiger partial charge in [0.1, 0.15) is 38.1 Å². The highest BCUT2D eigenvalue weighted by Crippen LogP contribution is 2.39. The molecule has 0 aromatic carbocycles. The van der Waals surface area contributed by atoms with Crippen molar-refractivity contribution in [3.8, 4) is 0 Å². The third-order valence-electron chi connectivity index (χ3n) is 4.88. The van der Waals surface area contributed by atoms with Crippen molar-refractivity contribution in [1.29, 1.82) is 0 Å². The maximum Gasteiger partial charge on any atom is 0.184 e. The Morgan fingerprint density at radius 2 is 1.61 bits per heavy atom. The minimum Gasteiger partial charge on any atom is -0.409 e. The van der Waals surface area contributed by atoms with Crippen LogP contribution in [0.1, 0.15) is 13.2 Å². The van der Waals surface area contributed by atoms with E-state index in [1.54, 1.807) is 6.33 Å². The summed E-state index contributed by atoms with van der Waals surface area (Å²) in [7, 11) is -5.33. The molecule has 0 radical (unpaired) electrons. The lowest BCUT2D eigenvalue weighted by atomic mass is 10.1. The minimum absolute atomic E-state index is 0.0492. The Balaban J connectivity index is 2.05. The summed E-state index contributed by atoms with van der Waals surface area (Å²) >= 11 is 1.88. The fraction of sp³-hybridized carbons (Fsp3) is 0.762. The summed E-state index contributed by atoms with van der Waals surface area (Å²) in [5.41, 5.74) is 1.53. The number of imidazole rings is 1. The van der Waals surface area contributed by atoms with Gasteiger partial charge >= 0.3 is 0 Å². The van der Waals surface area contributed by atoms with Gasteiger partial charge in [-0.2, -0.15) is 11.8 Å². The standard InChI is InChI=1S/C21H41N5O3SSi3/c1-11-30-12-15-17(28-32(5,6)7)18(29-33(8,9)10)21(27-15)26-14-24-16-19(25-31(2,3)4)22-13-23-20(16)26/h13-15,17-18,21H,11-12H2,1-10H3,(H,22,23,25). The van der Waals surface area contributed by atoms with Crippen molar-refractivity contribution in [2.75, 3.05) is 16.5 Å². The van der Waals surface area contributed by atoms with Crippen molar-refractivity contribution in [3.05, 3.63) is 12.7 Å². The van der Waals surface area contributed by atoms with E-state index in [4.69, 9.17) is 18.6 Å². The second-order valence-corrected chi connectivity index (χ2v) is 26.5. The fourth-order valence-corrected chi connectivity index (χ4v) is 7.67. The van der Waals surface area contributed by atoms with Crippen LogP contribution in [0.4, 0.5) is 5.82 Å². The summed E-state index contributed by atoms with van der Waals surface area (Å²) in [6.45, 7) is 22.2. The maximum atomic E-state index is 6.76. The lowest BCUT2D eigenvalue weighted by molar-refractivity contribution is -0.0233. The Kier molecular flexibility index (Phi) is 8.19. The Morgan fingerprint density at radius 1 is 0.970 bits per heavy atom. The average molecular weight is 528 g/mol. The van der Waals surface area contributed by atoms with E-state index in [1.165, 1.54) is 0 Å². The molecule has 4 unspecified atom stereocenters. The number of ether oxygens (including phenoxy) is 1. The van der Waals surface area contributed by atoms with Gasteiger partial charge in [0.25, 0.3) is 0 Å². The summed E-state index contributed by atoms with van der Waals surface area (Å²) < 4.78 is 22.2. The lowest BCUT2D eigenvalue weighted by Crippen LogP contribution is -2.47. The summed E-state index contributed by atoms with van der Waals surface area (Å²) in [6, 6.07) is 0. The van der Waals surface area contributed by atoms with Crippen LogP contribution in [0.15, 0.2) is 12.7 Å². The van der Waals surface area contributed by atoms with Crippen LogP contribution in [0.25, 0.3) is 11.2 Å². The van der Waals surface area contributed by atoms with Gasteiger partial charge in [-0.3, -0.25) is 4.57 Å². The monoisotopic (exact) mass is 527 g/mol. The smallest absolute Gasteiger partial charge is 0.184 e. The van der Waals surface area contributed by atoms with Gasteiger partial charge in [-0.25, -0.2) is 15.0 Å². The van der Waals surface area contributed by atoms with Crippen molar-refractivity contribution < 1.29 is 13.6 Å². The average Bonchev–Trinajstić information content (AvgIpc) is 3.19. The van der Waals surface area contributed by atoms with Crippen molar-refractivity contribution in [3.63, 3.8) is 0 Å². The number of fused-ring (bicyclic) bond motifs is 1. The molecular weight excluding hydrogens is 487 g/mol. The molecule has 2 aromatic rings. The largest absolute Gasteiger partial charge is 0.409 e. The first kappa shape index (κ1) is 26.8. The first-order valence-electron chi connectivity index (χ1n) is 11.7. The predicted molar refractivity (Wildman–Crippen MR) is 146 cm³/mol. The zero-order valence-corrected chi connectivity index (χ0v) is 25.6. The first-order chi connectivity index (χ1) is 15.2. The van der Waals surface area contributed by atoms with Gasteiger partial charge < -0.3 is 18.6 Å². The molecule has 1 aliphatic heterocycles. The van der Waals surface area contributed by atoms with Gasteiger partial charge in [0.2, 0.25) is 0 Å². The Morgan fingerprint density at radius 3 is 2.18 bits per heavy atom. The molecule has 2 aromatic heterocycles. The molecule has 12 heteroatoms. The van der Waals surface area contributed by atoms with Crippen LogP contribution >= 0.6 is 11.8 Å². The Bertz CT molecular complexity index is 942. The zero-order chi connectivity index (χ0) is 24.6. The Hall–Kier alpha value is -0.769. The van der Waals surface area contributed by atoms with Crippen LogP contribution in [0.3, 0.4) is 0 Å². The van der Waals surface area contributed by atoms with Gasteiger partial charge in [-0.05, 0) is 45.0 Å². The molecule has 1 fully saturated rings. The highest BCUT2D eigenvalue weighted by Gasteiger charge is 2.50. The number of aromatic nitrogens is 4. The molecule has 0 saturated carbocycles. The summed E-state index contributed by atoms with van der Waals surface area (Å²) in [5.74, 6) is 2.70. The normalized spacial score (nSPS) is 24.5. The molecule has 1 aliphatic rings. The molecule has 3 heterocycles. The molecule has 0 aliphatic carbocycles. The number of nitrogens with zero attached hydrogens (tertiary/aromatic N) is 4. The number of anilines is 1. The van der Waals surface area contributed by atoms with Crippen molar-refractivity contribution in [2.24, 2.45) is 0 Å². The Labute approximate surface area is 206 Å². The van der Waals surface area contributed by atoms with Crippen LogP contribution in [0, 0.1) is 0 Å². The van der Waals surface area contributed by atoms with E-state index < -0.39 is 24.9 Å². The molecule has 4 atom stereocenters. The van der Waals surface area contributed by atoms with Crippen LogP contribution in [-0.4, -0.2) is 74.2 Å². The van der Waals surface area contributed by atoms with Crippen molar-refractivity contribution >= 4 is 53.6 Å². The van der Waals surface area contributed by atoms with E-state index in [0.717, 1.165) is 28.5 Å². The van der Waals surface area contributed by atoms with E-state index in [0.29, 0.717) is 0 Å². The topological polar surface area (TPSA) is 83.3 Å². The predicted octanol–water partition coefficient (Wildman–Crippen LogP) is 5.16. The first-order valence-corrected chi connectivity index (χ1v) is 23.2. The molecule has 0 bridgehead atoms. The van der Waals surface area contributed by atoms with Gasteiger partial charge in [-0.1, -0.05) is 26.6 Å². The van der Waals surface area contributed by atoms with Crippen molar-refractivity contribution in [1.82, 2.24) is 19.5 Å². The second-order valence-electron chi connectivity index (χ2n) is 11.5. The molecule has 186 valence electrons. The third kappa shape index (κ3) is 7.12. The van der Waals surface area contributed by atoms with Gasteiger partial charge in [-0.15, -0.1) is 0 Å². The lowest BCUT2D eigenvalue weighted by Gasteiger charge is -2.34. The van der Waals surface area contributed by atoms with Crippen molar-refractivity contribution in [2.45, 2.75) is 90.4 Å². The number of hydrogen-bond donors (Lipinski definition) is 1. The molecule has 1 N–H and O–H groups in total. The third-order valence-corrected chi connectivity index (χ3v) is 8.80. The SMILES string of the molecule is CCSCC1OC(n2cnc3c(N[Si](C)(C)C)ncnc32)C(O[Si](C)(C)C)C1O[Si](C)(C)C. The summed E-state index contributed by atoms with van der Waals surface area (Å²) in [6.07, 6.45) is 2.69. The van der Waals surface area contributed by atoms with Crippen LogP contribution in [0.2, 0.25) is 58.9 Å². The molecule has 3 rings (SSSR count). The number of hydrogen-bond acceptors (Lipinski definition) is 8. The molecule has 8 nitrogen and oxygen atoms in total. The van der Waals surface area contributed by atoms with Crippen LogP contribution < -0.4 is 4.98 Å². The number of nitrogens with one attached hydrogen (secondary N) is 1. The quantitative estimate of drug-likeness (QED) is 0.424. The molecular formula is C21H41N5O3SSi3. The summed E-state index contributed by atoms with van der Waals surface area (Å²) in [5, 5.41) is 0. The molecule has 0 spiro atoms. The maximum absolute atomic E-state index is 6.76. The van der Waals surface area contributed by atoms with Crippen LogP contribution in [-0.2, 0) is 13.6 Å². The highest BCUT2D eigenvalue weighted by atomic mass is 32.2. The van der Waals surface area contributed by atoms with Gasteiger partial charge in [0.15, 0.2) is 28.5 Å². The highest BCUT2D eigenvalue weighted by molar-refractivity contribution is 7.99.